The Balaban J connectivity index is 1.54. The van der Waals surface area contributed by atoms with E-state index in [-0.39, 0.29) is 57.4 Å². The minimum Gasteiger partial charge on any atom is -0.455 e. The Kier molecular flexibility index (Phi) is 13.4. The Morgan fingerprint density at radius 1 is 0.831 bits per heavy atom. The second kappa shape index (κ2) is 17.8. The Bertz CT molecular complexity index is 2300. The van der Waals surface area contributed by atoms with Crippen LogP contribution in [0.15, 0.2) is 60.7 Å². The van der Waals surface area contributed by atoms with Gasteiger partial charge < -0.3 is 29.0 Å². The van der Waals surface area contributed by atoms with E-state index < -0.39 is 34.3 Å². The number of nitrogens with one attached hydrogen (secondary N) is 1. The molecule has 1 spiro atoms. The summed E-state index contributed by atoms with van der Waals surface area (Å²) in [7, 11) is 1.68. The fourth-order valence-electron chi connectivity index (χ4n) is 6.90. The first-order chi connectivity index (χ1) is 27.9. The molecule has 13 heteroatoms. The molecule has 1 unspecified atom stereocenters. The average molecular weight is 957 g/mol. The molecule has 4 aromatic carbocycles. The van der Waals surface area contributed by atoms with Gasteiger partial charge in [0.15, 0.2) is 17.1 Å². The summed E-state index contributed by atoms with van der Waals surface area (Å²) in [5.41, 5.74) is -0.564. The number of hydrogen-bond acceptors (Lipinski definition) is 9. The molecule has 2 heterocycles. The third-order valence-corrected chi connectivity index (χ3v) is 11.5. The first kappa shape index (κ1) is 44.4. The molecule has 1 amide bonds. The van der Waals surface area contributed by atoms with Gasteiger partial charge in [0.2, 0.25) is 5.91 Å². The normalized spacial score (nSPS) is 15.5. The van der Waals surface area contributed by atoms with E-state index in [4.69, 9.17) is 46.9 Å². The quantitative estimate of drug-likeness (QED) is 0.0603. The lowest BCUT2D eigenvalue weighted by molar-refractivity contribution is -0.143. The van der Waals surface area contributed by atoms with Crippen molar-refractivity contribution in [1.29, 1.82) is 0 Å². The molecule has 6 rings (SSSR count). The van der Waals surface area contributed by atoms with Crippen LogP contribution in [0.3, 0.4) is 0 Å². The lowest BCUT2D eigenvalue weighted by Crippen LogP contribution is -2.34. The van der Waals surface area contributed by atoms with Crippen LogP contribution in [-0.2, 0) is 35.9 Å². The molecular weight excluding hydrogens is 908 g/mol. The highest BCUT2D eigenvalue weighted by Gasteiger charge is 2.56. The smallest absolute Gasteiger partial charge is 0.340 e. The Morgan fingerprint density at radius 2 is 1.51 bits per heavy atom. The summed E-state index contributed by atoms with van der Waals surface area (Å²) in [6.45, 7) is 11.6. The van der Waals surface area contributed by atoms with Gasteiger partial charge in [-0.3, -0.25) is 14.4 Å². The third-order valence-electron chi connectivity index (χ3n) is 10.1. The summed E-state index contributed by atoms with van der Waals surface area (Å²) >= 11 is 16.5. The number of fused-ring (bicyclic) bond motifs is 6. The van der Waals surface area contributed by atoms with Crippen molar-refractivity contribution in [3.8, 4) is 34.1 Å². The summed E-state index contributed by atoms with van der Waals surface area (Å²) in [4.78, 5) is 54.1. The molecule has 312 valence electrons. The zero-order valence-electron chi connectivity index (χ0n) is 34.2. The number of amides is 1. The van der Waals surface area contributed by atoms with Gasteiger partial charge in [0, 0.05) is 63.6 Å². The van der Waals surface area contributed by atoms with Gasteiger partial charge in [0.1, 0.15) is 16.5 Å². The monoisotopic (exact) mass is 955 g/mol. The van der Waals surface area contributed by atoms with Gasteiger partial charge in [0.05, 0.1) is 16.4 Å². The minimum absolute atomic E-state index is 0.00785. The molecule has 0 saturated heterocycles. The fraction of sp³-hybridized carbons (Fsp3) is 0.391. The summed E-state index contributed by atoms with van der Waals surface area (Å²) < 4.78 is 31.4. The number of methoxy groups -OCH3 is 1. The number of esters is 3. The Hall–Kier alpha value is -4.17. The standard InChI is InChI=1S/C46H48Cl2INO9/c1-44(2,3)42(53)57-34-25-35-31(24-30(34)26-15-18-28(49)19-16-26)46(37-29(41(52)59-46)13-12-14-33(37)47)32-23-27(17-20-36(51)50-21-10-8-9-11-22-55-7)39(38(48)40(32)56-35)58-43(54)45(4,5)6/h12-16,18-19,23-25H,8-11,17,20-22H2,1-7H3,(H,50,51). The number of benzene rings is 4. The van der Waals surface area contributed by atoms with Gasteiger partial charge in [-0.05, 0) is 131 Å². The maximum absolute atomic E-state index is 14.0. The van der Waals surface area contributed by atoms with Crippen LogP contribution in [-0.4, -0.2) is 44.1 Å². The SMILES string of the molecule is COCCCCCCNC(=O)CCc1cc2c(c(Cl)c1OC(=O)C(C)(C)C)Oc1cc(OC(=O)C(C)(C)C)c(-c3ccc(I)cc3)cc1C21OC(=O)c2cccc(Cl)c21. The van der Waals surface area contributed by atoms with Crippen molar-refractivity contribution in [3.05, 3.63) is 102 Å². The molecule has 10 nitrogen and oxygen atoms in total. The lowest BCUT2D eigenvalue weighted by Gasteiger charge is -2.38. The van der Waals surface area contributed by atoms with E-state index in [9.17, 15) is 19.2 Å². The second-order valence-corrected chi connectivity index (χ2v) is 18.8. The van der Waals surface area contributed by atoms with Gasteiger partial charge in [-0.15, -0.1) is 0 Å². The van der Waals surface area contributed by atoms with E-state index in [1.807, 2.05) is 24.3 Å². The van der Waals surface area contributed by atoms with Gasteiger partial charge >= 0.3 is 17.9 Å². The number of rotatable bonds is 13. The molecule has 2 aliphatic rings. The van der Waals surface area contributed by atoms with Crippen LogP contribution in [0.25, 0.3) is 11.1 Å². The zero-order valence-corrected chi connectivity index (χ0v) is 37.9. The molecule has 1 N–H and O–H groups in total. The number of carbonyl (C=O) groups is 4. The van der Waals surface area contributed by atoms with E-state index in [0.717, 1.165) is 34.8 Å². The summed E-state index contributed by atoms with van der Waals surface area (Å²) in [6, 6.07) is 17.7. The minimum atomic E-state index is -1.74. The van der Waals surface area contributed by atoms with Crippen LogP contribution in [0.4, 0.5) is 0 Å². The molecule has 0 aliphatic carbocycles. The van der Waals surface area contributed by atoms with Crippen LogP contribution in [0.5, 0.6) is 23.0 Å². The van der Waals surface area contributed by atoms with Crippen molar-refractivity contribution in [2.75, 3.05) is 20.3 Å². The zero-order chi connectivity index (χ0) is 42.9. The van der Waals surface area contributed by atoms with Gasteiger partial charge in [0.25, 0.3) is 0 Å². The summed E-state index contributed by atoms with van der Waals surface area (Å²) in [5.74, 6) is -1.48. The van der Waals surface area contributed by atoms with Crippen LogP contribution < -0.4 is 19.5 Å². The topological polar surface area (TPSA) is 126 Å². The van der Waals surface area contributed by atoms with Gasteiger partial charge in [-0.2, -0.15) is 0 Å². The lowest BCUT2D eigenvalue weighted by atomic mass is 9.76. The van der Waals surface area contributed by atoms with Gasteiger partial charge in [-0.25, -0.2) is 4.79 Å². The number of halogens is 3. The number of carbonyl (C=O) groups excluding carboxylic acids is 4. The largest absolute Gasteiger partial charge is 0.455 e. The van der Waals surface area contributed by atoms with Crippen molar-refractivity contribution in [1.82, 2.24) is 5.32 Å². The molecule has 0 saturated carbocycles. The van der Waals surface area contributed by atoms with E-state index in [0.29, 0.717) is 41.0 Å². The summed E-state index contributed by atoms with van der Waals surface area (Å²) in [5, 5.41) is 3.15. The van der Waals surface area contributed by atoms with E-state index >= 15 is 0 Å². The predicted molar refractivity (Wildman–Crippen MR) is 235 cm³/mol. The van der Waals surface area contributed by atoms with Gasteiger partial charge in [-0.1, -0.05) is 54.2 Å². The van der Waals surface area contributed by atoms with Crippen molar-refractivity contribution in [2.24, 2.45) is 10.8 Å². The molecule has 4 aromatic rings. The van der Waals surface area contributed by atoms with E-state index in [1.54, 1.807) is 85.1 Å². The van der Waals surface area contributed by atoms with Crippen molar-refractivity contribution >= 4 is 69.6 Å². The maximum Gasteiger partial charge on any atom is 0.340 e. The van der Waals surface area contributed by atoms with E-state index in [2.05, 4.69) is 27.9 Å². The fourth-order valence-corrected chi connectivity index (χ4v) is 7.87. The highest BCUT2D eigenvalue weighted by molar-refractivity contribution is 14.1. The van der Waals surface area contributed by atoms with Crippen molar-refractivity contribution < 1.29 is 42.9 Å². The molecule has 2 aliphatic heterocycles. The predicted octanol–water partition coefficient (Wildman–Crippen LogP) is 11.0. The van der Waals surface area contributed by atoms with Crippen LogP contribution in [0, 0.1) is 14.4 Å². The second-order valence-electron chi connectivity index (χ2n) is 16.8. The van der Waals surface area contributed by atoms with Crippen LogP contribution >= 0.6 is 45.8 Å². The average Bonchev–Trinajstić information content (AvgIpc) is 3.47. The van der Waals surface area contributed by atoms with Crippen molar-refractivity contribution in [2.45, 2.75) is 85.7 Å². The molecule has 0 bridgehead atoms. The highest BCUT2D eigenvalue weighted by Crippen LogP contribution is 2.62. The van der Waals surface area contributed by atoms with Crippen LogP contribution in [0.2, 0.25) is 10.0 Å². The Labute approximate surface area is 368 Å². The number of unbranched alkanes of at least 4 members (excludes halogenated alkanes) is 3. The first-order valence-electron chi connectivity index (χ1n) is 19.6. The maximum atomic E-state index is 14.0. The molecular formula is C46H48Cl2INO9. The third kappa shape index (κ3) is 9.28. The molecule has 1 atom stereocenters. The first-order valence-corrected chi connectivity index (χ1v) is 21.4. The van der Waals surface area contributed by atoms with E-state index in [1.165, 1.54) is 0 Å². The number of aryl methyl sites for hydroxylation is 1. The Morgan fingerprint density at radius 3 is 2.19 bits per heavy atom. The number of ether oxygens (including phenoxy) is 5. The molecule has 0 fully saturated rings. The molecule has 0 radical (unpaired) electrons. The molecule has 0 aromatic heterocycles. The highest BCUT2D eigenvalue weighted by atomic mass is 127. The molecule has 59 heavy (non-hydrogen) atoms. The van der Waals surface area contributed by atoms with Crippen LogP contribution in [0.1, 0.15) is 106 Å². The number of hydrogen-bond donors (Lipinski definition) is 1. The van der Waals surface area contributed by atoms with Crippen molar-refractivity contribution in [3.63, 3.8) is 0 Å². The summed E-state index contributed by atoms with van der Waals surface area (Å²) in [6.07, 6.45) is 3.89.